The number of esters is 1. The highest BCUT2D eigenvalue weighted by Gasteiger charge is 2.27. The van der Waals surface area contributed by atoms with Crippen molar-refractivity contribution < 1.29 is 9.53 Å². The summed E-state index contributed by atoms with van der Waals surface area (Å²) < 4.78 is 5.37. The van der Waals surface area contributed by atoms with Crippen LogP contribution in [0.2, 0.25) is 0 Å². The molecule has 23 heavy (non-hydrogen) atoms. The molecule has 2 unspecified atom stereocenters. The Morgan fingerprint density at radius 2 is 1.96 bits per heavy atom. The molecule has 0 saturated heterocycles. The van der Waals surface area contributed by atoms with Gasteiger partial charge in [-0.3, -0.25) is 9.79 Å². The molecule has 3 heteroatoms. The maximum atomic E-state index is 11.3. The normalized spacial score (nSPS) is 17.9. The molecular weight excluding hydrogens is 286 g/mol. The molecule has 0 N–H and O–H groups in total. The average Bonchev–Trinajstić information content (AvgIpc) is 2.54. The number of ether oxygens (including phenoxy) is 1. The highest BCUT2D eigenvalue weighted by atomic mass is 16.5. The molecule has 1 aliphatic rings. The van der Waals surface area contributed by atoms with Crippen LogP contribution in [0.25, 0.3) is 0 Å². The highest BCUT2D eigenvalue weighted by Crippen LogP contribution is 2.26. The first-order valence-electron chi connectivity index (χ1n) is 7.95. The summed E-state index contributed by atoms with van der Waals surface area (Å²) in [5.41, 5.74) is 5.74. The second-order valence-electron chi connectivity index (χ2n) is 6.09. The first-order valence-corrected chi connectivity index (χ1v) is 7.95. The van der Waals surface area contributed by atoms with Crippen molar-refractivity contribution in [2.24, 2.45) is 4.99 Å². The minimum absolute atomic E-state index is 0.0516. The van der Waals surface area contributed by atoms with Crippen LogP contribution in [0.15, 0.2) is 53.5 Å². The summed E-state index contributed by atoms with van der Waals surface area (Å²) >= 11 is 0. The van der Waals surface area contributed by atoms with Crippen molar-refractivity contribution in [1.29, 1.82) is 0 Å². The van der Waals surface area contributed by atoms with Crippen LogP contribution in [-0.4, -0.2) is 23.8 Å². The van der Waals surface area contributed by atoms with E-state index in [2.05, 4.69) is 37.3 Å². The van der Waals surface area contributed by atoms with Gasteiger partial charge in [0.15, 0.2) is 0 Å². The van der Waals surface area contributed by atoms with Gasteiger partial charge in [-0.25, -0.2) is 0 Å². The fraction of sp³-hybridized carbons (Fsp3) is 0.300. The van der Waals surface area contributed by atoms with Gasteiger partial charge in [0.2, 0.25) is 0 Å². The molecule has 118 valence electrons. The number of benzene rings is 2. The summed E-state index contributed by atoms with van der Waals surface area (Å²) in [4.78, 5) is 16.2. The fourth-order valence-corrected chi connectivity index (χ4v) is 3.03. The maximum Gasteiger partial charge on any atom is 0.302 e. The Balaban J connectivity index is 2.05. The van der Waals surface area contributed by atoms with E-state index < -0.39 is 0 Å². The number of aliphatic imine (C=N–C) groups is 1. The lowest BCUT2D eigenvalue weighted by molar-refractivity contribution is -0.146. The summed E-state index contributed by atoms with van der Waals surface area (Å²) in [7, 11) is 0. The lowest BCUT2D eigenvalue weighted by Crippen LogP contribution is -2.33. The first kappa shape index (κ1) is 15.5. The Kier molecular flexibility index (Phi) is 4.28. The molecule has 0 aliphatic carbocycles. The van der Waals surface area contributed by atoms with Crippen molar-refractivity contribution in [3.63, 3.8) is 0 Å². The molecule has 0 saturated carbocycles. The smallest absolute Gasteiger partial charge is 0.302 e. The van der Waals surface area contributed by atoms with Gasteiger partial charge >= 0.3 is 5.97 Å². The zero-order valence-electron chi connectivity index (χ0n) is 13.7. The van der Waals surface area contributed by atoms with Gasteiger partial charge in [0.1, 0.15) is 6.10 Å². The SMILES string of the molecule is CC(=O)OC(C)C1Cc2ccc(C)cc2C(c2ccccc2)=N1. The number of carbonyl (C=O) groups is 1. The molecule has 0 radical (unpaired) electrons. The molecule has 3 rings (SSSR count). The average molecular weight is 307 g/mol. The number of hydrogen-bond acceptors (Lipinski definition) is 3. The Labute approximate surface area is 137 Å². The van der Waals surface area contributed by atoms with Gasteiger partial charge in [0.25, 0.3) is 0 Å². The molecule has 1 aliphatic heterocycles. The standard InChI is InChI=1S/C20H21NO2/c1-13-9-10-17-12-19(14(2)23-15(3)22)21-20(18(17)11-13)16-7-5-4-6-8-16/h4-11,14,19H,12H2,1-3H3. The molecule has 0 amide bonds. The van der Waals surface area contributed by atoms with E-state index in [0.29, 0.717) is 0 Å². The molecular formula is C20H21NO2. The van der Waals surface area contributed by atoms with Gasteiger partial charge in [0, 0.05) is 18.1 Å². The number of rotatable bonds is 3. The molecule has 0 bridgehead atoms. The Morgan fingerprint density at radius 3 is 2.65 bits per heavy atom. The van der Waals surface area contributed by atoms with Crippen LogP contribution in [-0.2, 0) is 16.0 Å². The predicted molar refractivity (Wildman–Crippen MR) is 92.0 cm³/mol. The molecule has 0 spiro atoms. The number of hydrogen-bond donors (Lipinski definition) is 0. The van der Waals surface area contributed by atoms with Gasteiger partial charge in [-0.1, -0.05) is 48.0 Å². The van der Waals surface area contributed by atoms with Crippen molar-refractivity contribution in [2.75, 3.05) is 0 Å². The largest absolute Gasteiger partial charge is 0.461 e. The first-order chi connectivity index (χ1) is 11.0. The van der Waals surface area contributed by atoms with E-state index in [0.717, 1.165) is 17.7 Å². The molecule has 3 nitrogen and oxygen atoms in total. The van der Waals surface area contributed by atoms with Crippen molar-refractivity contribution in [2.45, 2.75) is 39.3 Å². The van der Waals surface area contributed by atoms with Crippen LogP contribution in [0.5, 0.6) is 0 Å². The van der Waals surface area contributed by atoms with Crippen molar-refractivity contribution in [1.82, 2.24) is 0 Å². The topological polar surface area (TPSA) is 38.7 Å². The van der Waals surface area contributed by atoms with Crippen molar-refractivity contribution >= 4 is 11.7 Å². The van der Waals surface area contributed by atoms with E-state index in [1.54, 1.807) is 0 Å². The predicted octanol–water partition coefficient (Wildman–Crippen LogP) is 3.71. The van der Waals surface area contributed by atoms with Gasteiger partial charge in [-0.05, 0) is 31.9 Å². The third-order valence-electron chi connectivity index (χ3n) is 4.19. The second-order valence-corrected chi connectivity index (χ2v) is 6.09. The van der Waals surface area contributed by atoms with E-state index in [4.69, 9.17) is 9.73 Å². The van der Waals surface area contributed by atoms with E-state index in [1.807, 2.05) is 25.1 Å². The van der Waals surface area contributed by atoms with Gasteiger partial charge in [0.05, 0.1) is 11.8 Å². The monoisotopic (exact) mass is 307 g/mol. The van der Waals surface area contributed by atoms with Crippen LogP contribution >= 0.6 is 0 Å². The Hall–Kier alpha value is -2.42. The fourth-order valence-electron chi connectivity index (χ4n) is 3.03. The third kappa shape index (κ3) is 3.34. The second kappa shape index (κ2) is 6.37. The third-order valence-corrected chi connectivity index (χ3v) is 4.19. The molecule has 0 aromatic heterocycles. The number of nitrogens with zero attached hydrogens (tertiary/aromatic N) is 1. The van der Waals surface area contributed by atoms with Gasteiger partial charge < -0.3 is 4.74 Å². The van der Waals surface area contributed by atoms with Crippen LogP contribution < -0.4 is 0 Å². The lowest BCUT2D eigenvalue weighted by atomic mass is 9.88. The van der Waals surface area contributed by atoms with Crippen molar-refractivity contribution in [3.05, 3.63) is 70.8 Å². The zero-order valence-corrected chi connectivity index (χ0v) is 13.7. The minimum Gasteiger partial charge on any atom is -0.461 e. The van der Waals surface area contributed by atoms with E-state index >= 15 is 0 Å². The Morgan fingerprint density at radius 1 is 1.22 bits per heavy atom. The summed E-state index contributed by atoms with van der Waals surface area (Å²) in [6, 6.07) is 16.6. The molecule has 0 fully saturated rings. The molecule has 2 aromatic rings. The lowest BCUT2D eigenvalue weighted by Gasteiger charge is -2.27. The summed E-state index contributed by atoms with van der Waals surface area (Å²) in [6.45, 7) is 5.45. The zero-order chi connectivity index (χ0) is 16.4. The van der Waals surface area contributed by atoms with Gasteiger partial charge in [-0.2, -0.15) is 0 Å². The highest BCUT2D eigenvalue weighted by molar-refractivity contribution is 6.14. The quantitative estimate of drug-likeness (QED) is 0.811. The number of fused-ring (bicyclic) bond motifs is 1. The van der Waals surface area contributed by atoms with Crippen LogP contribution in [0.1, 0.15) is 36.1 Å². The number of carbonyl (C=O) groups excluding carboxylic acids is 1. The maximum absolute atomic E-state index is 11.3. The van der Waals surface area contributed by atoms with E-state index in [9.17, 15) is 4.79 Å². The van der Waals surface area contributed by atoms with Gasteiger partial charge in [-0.15, -0.1) is 0 Å². The number of aryl methyl sites for hydroxylation is 1. The molecule has 2 aromatic carbocycles. The summed E-state index contributed by atoms with van der Waals surface area (Å²) in [5.74, 6) is -0.260. The molecule has 2 atom stereocenters. The van der Waals surface area contributed by atoms with Crippen LogP contribution in [0, 0.1) is 6.92 Å². The Bertz CT molecular complexity index is 749. The van der Waals surface area contributed by atoms with E-state index in [-0.39, 0.29) is 18.1 Å². The summed E-state index contributed by atoms with van der Waals surface area (Å²) in [6.07, 6.45) is 0.557. The van der Waals surface area contributed by atoms with Crippen LogP contribution in [0.4, 0.5) is 0 Å². The molecule has 1 heterocycles. The summed E-state index contributed by atoms with van der Waals surface area (Å²) in [5, 5.41) is 0. The minimum atomic E-state index is -0.260. The van der Waals surface area contributed by atoms with Crippen molar-refractivity contribution in [3.8, 4) is 0 Å². The van der Waals surface area contributed by atoms with E-state index in [1.165, 1.54) is 23.6 Å². The van der Waals surface area contributed by atoms with Crippen LogP contribution in [0.3, 0.4) is 0 Å².